The number of carbonyl (C=O) groups excluding carboxylic acids is 1. The largest absolute Gasteiger partial charge is 0.433 e. The van der Waals surface area contributed by atoms with E-state index in [1.165, 1.54) is 47.5 Å². The molecule has 31 heavy (non-hydrogen) atoms. The molecule has 1 atom stereocenters. The Morgan fingerprint density at radius 3 is 2.61 bits per heavy atom. The molecule has 2 aromatic rings. The van der Waals surface area contributed by atoms with Gasteiger partial charge in [-0.2, -0.15) is 4.31 Å². The SMILES string of the molecule is CN(C)C(=O)ONC1=CCCc2c(S(=O)(=O)N(C)CC(O)c3ccc(F)cc3)csc21. The highest BCUT2D eigenvalue weighted by molar-refractivity contribution is 7.89. The molecule has 2 N–H and O–H groups in total. The summed E-state index contributed by atoms with van der Waals surface area (Å²) < 4.78 is 40.5. The molecule has 1 aliphatic carbocycles. The highest BCUT2D eigenvalue weighted by atomic mass is 32.2. The van der Waals surface area contributed by atoms with Gasteiger partial charge in [-0.1, -0.05) is 18.2 Å². The molecule has 0 aliphatic heterocycles. The lowest BCUT2D eigenvalue weighted by Gasteiger charge is -2.22. The molecule has 0 spiro atoms. The molecule has 1 amide bonds. The van der Waals surface area contributed by atoms with Crippen LogP contribution < -0.4 is 5.48 Å². The van der Waals surface area contributed by atoms with Crippen LogP contribution in [0.3, 0.4) is 0 Å². The number of allylic oxidation sites excluding steroid dienone is 1. The van der Waals surface area contributed by atoms with Crippen molar-refractivity contribution >= 4 is 33.2 Å². The number of aliphatic hydroxyl groups is 1. The zero-order valence-electron chi connectivity index (χ0n) is 17.3. The molecule has 0 radical (unpaired) electrons. The first-order chi connectivity index (χ1) is 14.6. The molecule has 1 aliphatic rings. The molecule has 3 rings (SSSR count). The summed E-state index contributed by atoms with van der Waals surface area (Å²) in [5.41, 5.74) is 4.21. The molecule has 1 aromatic heterocycles. The quantitative estimate of drug-likeness (QED) is 0.605. The Balaban J connectivity index is 1.77. The first-order valence-electron chi connectivity index (χ1n) is 9.46. The van der Waals surface area contributed by atoms with Crippen molar-refractivity contribution in [3.8, 4) is 0 Å². The molecule has 11 heteroatoms. The number of hydrogen-bond acceptors (Lipinski definition) is 7. The van der Waals surface area contributed by atoms with Gasteiger partial charge in [0.25, 0.3) is 0 Å². The molecular weight excluding hydrogens is 445 g/mol. The molecular formula is C20H24FN3O5S2. The molecule has 0 saturated carbocycles. The van der Waals surface area contributed by atoms with Gasteiger partial charge in [0.2, 0.25) is 10.0 Å². The lowest BCUT2D eigenvalue weighted by molar-refractivity contribution is 0.0900. The second-order valence-electron chi connectivity index (χ2n) is 7.28. The molecule has 0 fully saturated rings. The third kappa shape index (κ3) is 5.06. The third-order valence-electron chi connectivity index (χ3n) is 4.83. The number of halogens is 1. The predicted octanol–water partition coefficient (Wildman–Crippen LogP) is 2.73. The zero-order valence-corrected chi connectivity index (χ0v) is 19.0. The second kappa shape index (κ2) is 9.35. The number of nitrogens with one attached hydrogen (secondary N) is 1. The topological polar surface area (TPSA) is 99.2 Å². The summed E-state index contributed by atoms with van der Waals surface area (Å²) in [6, 6.07) is 5.27. The van der Waals surface area contributed by atoms with Crippen LogP contribution in [-0.2, 0) is 21.3 Å². The van der Waals surface area contributed by atoms with Crippen LogP contribution >= 0.6 is 11.3 Å². The lowest BCUT2D eigenvalue weighted by Crippen LogP contribution is -2.32. The van der Waals surface area contributed by atoms with Crippen molar-refractivity contribution < 1.29 is 27.5 Å². The first-order valence-corrected chi connectivity index (χ1v) is 11.8. The standard InChI is InChI=1S/C20H24FN3O5S2/c1-23(2)20(26)29-22-16-6-4-5-15-18(12-30-19(15)16)31(27,28)24(3)11-17(25)13-7-9-14(21)10-8-13/h6-10,12,17,22,25H,4-5,11H2,1-3H3. The van der Waals surface area contributed by atoms with Crippen LogP contribution in [0.5, 0.6) is 0 Å². The number of carbonyl (C=O) groups is 1. The Labute approximate surface area is 184 Å². The van der Waals surface area contributed by atoms with Crippen molar-refractivity contribution in [3.63, 3.8) is 0 Å². The smallest absolute Gasteiger partial charge is 0.387 e. The van der Waals surface area contributed by atoms with E-state index in [1.807, 2.05) is 6.08 Å². The van der Waals surface area contributed by atoms with Crippen LogP contribution in [0.15, 0.2) is 40.6 Å². The maximum atomic E-state index is 13.2. The molecule has 8 nitrogen and oxygen atoms in total. The van der Waals surface area contributed by atoms with Gasteiger partial charge in [0.15, 0.2) is 0 Å². The third-order valence-corrected chi connectivity index (χ3v) is 7.92. The normalized spacial score (nSPS) is 14.6. The number of rotatable bonds is 7. The molecule has 1 heterocycles. The Bertz CT molecular complexity index is 1080. The Morgan fingerprint density at radius 1 is 1.29 bits per heavy atom. The fourth-order valence-corrected chi connectivity index (χ4v) is 5.93. The number of sulfonamides is 1. The van der Waals surface area contributed by atoms with Crippen molar-refractivity contribution in [2.45, 2.75) is 23.8 Å². The van der Waals surface area contributed by atoms with Crippen molar-refractivity contribution in [1.29, 1.82) is 0 Å². The van der Waals surface area contributed by atoms with Crippen molar-refractivity contribution in [2.24, 2.45) is 0 Å². The maximum Gasteiger partial charge on any atom is 0.433 e. The monoisotopic (exact) mass is 469 g/mol. The predicted molar refractivity (Wildman–Crippen MR) is 115 cm³/mol. The number of nitrogens with zero attached hydrogens (tertiary/aromatic N) is 2. The van der Waals surface area contributed by atoms with Crippen LogP contribution in [0.4, 0.5) is 9.18 Å². The Hall–Kier alpha value is -2.47. The maximum absolute atomic E-state index is 13.2. The molecule has 168 valence electrons. The average molecular weight is 470 g/mol. The second-order valence-corrected chi connectivity index (χ2v) is 10.2. The summed E-state index contributed by atoms with van der Waals surface area (Å²) in [5.74, 6) is -0.435. The highest BCUT2D eigenvalue weighted by Crippen LogP contribution is 2.36. The number of hydrogen-bond donors (Lipinski definition) is 2. The molecule has 0 bridgehead atoms. The van der Waals surface area contributed by atoms with Gasteiger partial charge in [0.05, 0.1) is 21.6 Å². The van der Waals surface area contributed by atoms with Gasteiger partial charge in [-0.25, -0.2) is 23.1 Å². The van der Waals surface area contributed by atoms with Gasteiger partial charge in [-0.05, 0) is 36.1 Å². The average Bonchev–Trinajstić information content (AvgIpc) is 3.17. The molecule has 0 saturated heterocycles. The number of amides is 1. The van der Waals surface area contributed by atoms with E-state index in [0.717, 1.165) is 4.31 Å². The molecule has 1 aromatic carbocycles. The van der Waals surface area contributed by atoms with Gasteiger partial charge in [-0.15, -0.1) is 11.3 Å². The van der Waals surface area contributed by atoms with E-state index in [0.29, 0.717) is 34.5 Å². The van der Waals surface area contributed by atoms with Crippen LogP contribution in [0.2, 0.25) is 0 Å². The first kappa shape index (κ1) is 23.2. The Morgan fingerprint density at radius 2 is 1.97 bits per heavy atom. The number of aliphatic hydroxyl groups excluding tert-OH is 1. The summed E-state index contributed by atoms with van der Waals surface area (Å²) in [6.45, 7) is -0.181. The number of benzene rings is 1. The summed E-state index contributed by atoms with van der Waals surface area (Å²) in [6.07, 6.45) is 1.27. The minimum atomic E-state index is -3.88. The summed E-state index contributed by atoms with van der Waals surface area (Å²) in [4.78, 5) is 18.8. The van der Waals surface area contributed by atoms with E-state index in [9.17, 15) is 22.7 Å². The zero-order chi connectivity index (χ0) is 22.8. The summed E-state index contributed by atoms with van der Waals surface area (Å²) in [5, 5.41) is 11.9. The highest BCUT2D eigenvalue weighted by Gasteiger charge is 2.31. The fourth-order valence-electron chi connectivity index (χ4n) is 3.08. The number of fused-ring (bicyclic) bond motifs is 1. The lowest BCUT2D eigenvalue weighted by atomic mass is 10.0. The minimum Gasteiger partial charge on any atom is -0.387 e. The van der Waals surface area contributed by atoms with E-state index in [2.05, 4.69) is 5.48 Å². The minimum absolute atomic E-state index is 0.160. The number of likely N-dealkylation sites (N-methyl/N-ethyl adjacent to an activating group) is 1. The van der Waals surface area contributed by atoms with E-state index < -0.39 is 28.0 Å². The summed E-state index contributed by atoms with van der Waals surface area (Å²) >= 11 is 1.24. The number of hydroxylamine groups is 1. The summed E-state index contributed by atoms with van der Waals surface area (Å²) in [7, 11) is 0.618. The van der Waals surface area contributed by atoms with Gasteiger partial charge >= 0.3 is 6.09 Å². The van der Waals surface area contributed by atoms with Gasteiger partial charge < -0.3 is 14.8 Å². The van der Waals surface area contributed by atoms with Gasteiger partial charge in [-0.3, -0.25) is 0 Å². The molecule has 1 unspecified atom stereocenters. The van der Waals surface area contributed by atoms with Gasteiger partial charge in [0, 0.05) is 33.1 Å². The fraction of sp³-hybridized carbons (Fsp3) is 0.350. The van der Waals surface area contributed by atoms with Crippen molar-refractivity contribution in [2.75, 3.05) is 27.7 Å². The van der Waals surface area contributed by atoms with Crippen LogP contribution in [0.25, 0.3) is 5.70 Å². The number of thiophene rings is 1. The Kier molecular flexibility index (Phi) is 6.99. The van der Waals surface area contributed by atoms with E-state index in [1.54, 1.807) is 19.5 Å². The van der Waals surface area contributed by atoms with Gasteiger partial charge in [0.1, 0.15) is 5.82 Å². The van der Waals surface area contributed by atoms with Crippen molar-refractivity contribution in [1.82, 2.24) is 14.7 Å². The van der Waals surface area contributed by atoms with Crippen LogP contribution in [0.1, 0.15) is 28.5 Å². The van der Waals surface area contributed by atoms with Crippen LogP contribution in [-0.4, -0.2) is 56.5 Å². The van der Waals surface area contributed by atoms with E-state index in [-0.39, 0.29) is 11.4 Å². The van der Waals surface area contributed by atoms with E-state index in [4.69, 9.17) is 4.84 Å². The van der Waals surface area contributed by atoms with Crippen LogP contribution in [0, 0.1) is 5.82 Å². The van der Waals surface area contributed by atoms with E-state index >= 15 is 0 Å². The van der Waals surface area contributed by atoms with Crippen molar-refractivity contribution in [3.05, 3.63) is 57.5 Å².